The van der Waals surface area contributed by atoms with Crippen molar-refractivity contribution in [3.63, 3.8) is 0 Å². The Morgan fingerprint density at radius 3 is 2.71 bits per heavy atom. The Morgan fingerprint density at radius 1 is 1.41 bits per heavy atom. The molecule has 0 bridgehead atoms. The number of hydrogen-bond acceptors (Lipinski definition) is 4. The zero-order chi connectivity index (χ0) is 12.6. The van der Waals surface area contributed by atoms with Crippen molar-refractivity contribution in [1.82, 2.24) is 9.97 Å². The molecule has 90 valence electrons. The van der Waals surface area contributed by atoms with Crippen LogP contribution in [-0.2, 0) is 11.2 Å². The van der Waals surface area contributed by atoms with Gasteiger partial charge in [0.2, 0.25) is 0 Å². The molecule has 1 aromatic rings. The number of carbonyl (C=O) groups excluding carboxylic acids is 1. The molecule has 0 aromatic carbocycles. The van der Waals surface area contributed by atoms with Gasteiger partial charge in [-0.15, -0.1) is 0 Å². The van der Waals surface area contributed by atoms with Crippen LogP contribution < -0.4 is 0 Å². The molecule has 0 atom stereocenters. The number of rotatable bonds is 1. The Labute approximate surface area is 101 Å². The van der Waals surface area contributed by atoms with Crippen molar-refractivity contribution in [1.29, 1.82) is 0 Å². The molecule has 2 rings (SSSR count). The highest BCUT2D eigenvalue weighted by atomic mass is 16.5. The minimum atomic E-state index is -0.446. The van der Waals surface area contributed by atoms with Crippen LogP contribution in [0.3, 0.4) is 0 Å². The number of nitrogens with zero attached hydrogens (tertiary/aromatic N) is 2. The van der Waals surface area contributed by atoms with E-state index < -0.39 is 5.97 Å². The second-order valence-electron chi connectivity index (χ2n) is 5.18. The maximum Gasteiger partial charge on any atom is 0.358 e. The Balaban J connectivity index is 2.36. The fraction of sp³-hybridized carbons (Fsp3) is 0.462. The number of ether oxygens (including phenoxy) is 1. The second kappa shape index (κ2) is 3.95. The summed E-state index contributed by atoms with van der Waals surface area (Å²) < 4.78 is 4.63. The number of fused-ring (bicyclic) bond motifs is 1. The molecule has 4 nitrogen and oxygen atoms in total. The van der Waals surface area contributed by atoms with Gasteiger partial charge in [0.25, 0.3) is 0 Å². The fourth-order valence-electron chi connectivity index (χ4n) is 1.76. The summed E-state index contributed by atoms with van der Waals surface area (Å²) in [5.74, 6) is -0.446. The standard InChI is InChI=1S/C13H16N2O2/c1-13(2,3)8-5-9-10(6-8)15-11(7-14-9)12(16)17-4/h6-7H,5H2,1-4H3. The highest BCUT2D eigenvalue weighted by molar-refractivity contribution is 5.87. The molecule has 0 fully saturated rings. The maximum absolute atomic E-state index is 11.3. The molecule has 0 spiro atoms. The normalized spacial score (nSPS) is 14.2. The Kier molecular flexibility index (Phi) is 2.73. The first-order chi connectivity index (χ1) is 7.91. The van der Waals surface area contributed by atoms with Gasteiger partial charge in [0, 0.05) is 6.42 Å². The first kappa shape index (κ1) is 11.8. The molecular formula is C13H16N2O2. The lowest BCUT2D eigenvalue weighted by atomic mass is 9.86. The molecular weight excluding hydrogens is 216 g/mol. The van der Waals surface area contributed by atoms with Gasteiger partial charge in [-0.05, 0) is 11.5 Å². The molecule has 0 aliphatic heterocycles. The fourth-order valence-corrected chi connectivity index (χ4v) is 1.76. The topological polar surface area (TPSA) is 52.1 Å². The van der Waals surface area contributed by atoms with E-state index in [2.05, 4.69) is 35.5 Å². The van der Waals surface area contributed by atoms with Gasteiger partial charge < -0.3 is 4.74 Å². The first-order valence-electron chi connectivity index (χ1n) is 5.57. The SMILES string of the molecule is COC(=O)c1cnc2c(n1)C=C(C(C)(C)C)C2. The highest BCUT2D eigenvalue weighted by Crippen LogP contribution is 2.34. The monoisotopic (exact) mass is 232 g/mol. The predicted octanol–water partition coefficient (Wildman–Crippen LogP) is 2.25. The summed E-state index contributed by atoms with van der Waals surface area (Å²) in [7, 11) is 1.34. The summed E-state index contributed by atoms with van der Waals surface area (Å²) >= 11 is 0. The number of carbonyl (C=O) groups is 1. The number of methoxy groups -OCH3 is 1. The van der Waals surface area contributed by atoms with E-state index in [1.165, 1.54) is 18.9 Å². The van der Waals surface area contributed by atoms with Gasteiger partial charge in [0.1, 0.15) is 0 Å². The van der Waals surface area contributed by atoms with E-state index in [1.807, 2.05) is 6.08 Å². The van der Waals surface area contributed by atoms with Gasteiger partial charge in [0.05, 0.1) is 24.7 Å². The lowest BCUT2D eigenvalue weighted by molar-refractivity contribution is 0.0593. The van der Waals surface area contributed by atoms with Gasteiger partial charge in [-0.2, -0.15) is 0 Å². The predicted molar refractivity (Wildman–Crippen MR) is 64.5 cm³/mol. The third-order valence-electron chi connectivity index (χ3n) is 2.91. The molecule has 4 heteroatoms. The second-order valence-corrected chi connectivity index (χ2v) is 5.18. The van der Waals surface area contributed by atoms with Gasteiger partial charge in [-0.25, -0.2) is 9.78 Å². The zero-order valence-electron chi connectivity index (χ0n) is 10.6. The van der Waals surface area contributed by atoms with Crippen LogP contribution >= 0.6 is 0 Å². The summed E-state index contributed by atoms with van der Waals surface area (Å²) in [4.78, 5) is 19.9. The third kappa shape index (κ3) is 2.20. The average Bonchev–Trinajstić information content (AvgIpc) is 2.70. The lowest BCUT2D eigenvalue weighted by Gasteiger charge is -2.19. The van der Waals surface area contributed by atoms with Crippen molar-refractivity contribution in [3.05, 3.63) is 28.9 Å². The van der Waals surface area contributed by atoms with Crippen LogP contribution in [0.5, 0.6) is 0 Å². The lowest BCUT2D eigenvalue weighted by Crippen LogP contribution is -2.09. The molecule has 1 aliphatic carbocycles. The first-order valence-corrected chi connectivity index (χ1v) is 5.57. The smallest absolute Gasteiger partial charge is 0.358 e. The van der Waals surface area contributed by atoms with Crippen molar-refractivity contribution >= 4 is 12.0 Å². The molecule has 0 saturated heterocycles. The largest absolute Gasteiger partial charge is 0.464 e. The highest BCUT2D eigenvalue weighted by Gasteiger charge is 2.25. The molecule has 0 amide bonds. The summed E-state index contributed by atoms with van der Waals surface area (Å²) in [5.41, 5.74) is 3.38. The Hall–Kier alpha value is -1.71. The number of esters is 1. The van der Waals surface area contributed by atoms with Gasteiger partial charge in [-0.3, -0.25) is 4.98 Å². The van der Waals surface area contributed by atoms with Crippen LogP contribution in [0.1, 0.15) is 42.6 Å². The molecule has 0 N–H and O–H groups in total. The molecule has 17 heavy (non-hydrogen) atoms. The van der Waals surface area contributed by atoms with Crippen molar-refractivity contribution in [2.75, 3.05) is 7.11 Å². The van der Waals surface area contributed by atoms with Crippen LogP contribution in [-0.4, -0.2) is 23.0 Å². The third-order valence-corrected chi connectivity index (χ3v) is 2.91. The van der Waals surface area contributed by atoms with Gasteiger partial charge >= 0.3 is 5.97 Å². The van der Waals surface area contributed by atoms with Crippen LogP contribution in [0.25, 0.3) is 6.08 Å². The number of hydrogen-bond donors (Lipinski definition) is 0. The van der Waals surface area contributed by atoms with Crippen LogP contribution in [0.15, 0.2) is 11.8 Å². The Morgan fingerprint density at radius 2 is 2.12 bits per heavy atom. The summed E-state index contributed by atoms with van der Waals surface area (Å²) in [6, 6.07) is 0. The zero-order valence-corrected chi connectivity index (χ0v) is 10.6. The molecule has 1 heterocycles. The van der Waals surface area contributed by atoms with E-state index in [0.717, 1.165) is 17.8 Å². The van der Waals surface area contributed by atoms with Crippen molar-refractivity contribution in [3.8, 4) is 0 Å². The van der Waals surface area contributed by atoms with E-state index in [9.17, 15) is 4.79 Å². The van der Waals surface area contributed by atoms with Crippen LogP contribution in [0.4, 0.5) is 0 Å². The van der Waals surface area contributed by atoms with Crippen LogP contribution in [0.2, 0.25) is 0 Å². The molecule has 0 saturated carbocycles. The number of allylic oxidation sites excluding steroid dienone is 1. The number of aromatic nitrogens is 2. The molecule has 0 unspecified atom stereocenters. The van der Waals surface area contributed by atoms with Crippen molar-refractivity contribution < 1.29 is 9.53 Å². The summed E-state index contributed by atoms with van der Waals surface area (Å²) in [5, 5.41) is 0. The average molecular weight is 232 g/mol. The maximum atomic E-state index is 11.3. The van der Waals surface area contributed by atoms with Gasteiger partial charge in [-0.1, -0.05) is 26.3 Å². The molecule has 0 radical (unpaired) electrons. The summed E-state index contributed by atoms with van der Waals surface area (Å²) in [6.07, 6.45) is 4.31. The van der Waals surface area contributed by atoms with Crippen LogP contribution in [0, 0.1) is 5.41 Å². The molecule has 1 aliphatic rings. The minimum Gasteiger partial charge on any atom is -0.464 e. The van der Waals surface area contributed by atoms with E-state index in [4.69, 9.17) is 0 Å². The Bertz CT molecular complexity index is 499. The van der Waals surface area contributed by atoms with Crippen molar-refractivity contribution in [2.24, 2.45) is 5.41 Å². The summed E-state index contributed by atoms with van der Waals surface area (Å²) in [6.45, 7) is 6.48. The van der Waals surface area contributed by atoms with E-state index in [0.29, 0.717) is 0 Å². The quantitative estimate of drug-likeness (QED) is 0.697. The van der Waals surface area contributed by atoms with Crippen molar-refractivity contribution in [2.45, 2.75) is 27.2 Å². The minimum absolute atomic E-state index is 0.105. The van der Waals surface area contributed by atoms with E-state index in [1.54, 1.807) is 0 Å². The van der Waals surface area contributed by atoms with Gasteiger partial charge in [0.15, 0.2) is 5.69 Å². The van der Waals surface area contributed by atoms with E-state index in [-0.39, 0.29) is 11.1 Å². The van der Waals surface area contributed by atoms with E-state index >= 15 is 0 Å². The molecule has 1 aromatic heterocycles.